The lowest BCUT2D eigenvalue weighted by atomic mass is 10.1. The molecule has 8 heteroatoms. The predicted octanol–water partition coefficient (Wildman–Crippen LogP) is 3.18. The first-order chi connectivity index (χ1) is 13.3. The molecule has 2 aromatic rings. The fourth-order valence-corrected chi connectivity index (χ4v) is 4.79. The summed E-state index contributed by atoms with van der Waals surface area (Å²) in [6, 6.07) is 8.28. The van der Waals surface area contributed by atoms with Gasteiger partial charge in [-0.1, -0.05) is 0 Å². The Morgan fingerprint density at radius 2 is 1.68 bits per heavy atom. The van der Waals surface area contributed by atoms with Crippen LogP contribution in [0.5, 0.6) is 11.5 Å². The van der Waals surface area contributed by atoms with E-state index >= 15 is 0 Å². The van der Waals surface area contributed by atoms with Crippen molar-refractivity contribution in [1.29, 1.82) is 0 Å². The maximum Gasteiger partial charge on any atom is 0.210 e. The summed E-state index contributed by atoms with van der Waals surface area (Å²) in [6.07, 6.45) is 1.91. The van der Waals surface area contributed by atoms with Gasteiger partial charge in [0, 0.05) is 6.04 Å². The molecule has 0 radical (unpaired) electrons. The number of rotatable bonds is 6. The Bertz CT molecular complexity index is 941. The van der Waals surface area contributed by atoms with Crippen LogP contribution in [0.1, 0.15) is 12.8 Å². The fourth-order valence-electron chi connectivity index (χ4n) is 3.33. The average molecular weight is 408 g/mol. The van der Waals surface area contributed by atoms with Gasteiger partial charge in [0.25, 0.3) is 0 Å². The first-order valence-electron chi connectivity index (χ1n) is 9.07. The minimum atomic E-state index is -3.97. The number of benzene rings is 2. The van der Waals surface area contributed by atoms with E-state index in [1.165, 1.54) is 31.4 Å². The summed E-state index contributed by atoms with van der Waals surface area (Å²) in [5.41, 5.74) is 0.605. The van der Waals surface area contributed by atoms with Gasteiger partial charge in [0.05, 0.1) is 24.8 Å². The summed E-state index contributed by atoms with van der Waals surface area (Å²) >= 11 is 0. The van der Waals surface area contributed by atoms with E-state index in [0.717, 1.165) is 32.0 Å². The predicted molar refractivity (Wildman–Crippen MR) is 106 cm³/mol. The summed E-state index contributed by atoms with van der Waals surface area (Å²) in [7, 11) is 1.00. The van der Waals surface area contributed by atoms with Crippen molar-refractivity contribution in [2.45, 2.75) is 28.7 Å². The van der Waals surface area contributed by atoms with Crippen LogP contribution in [0.25, 0.3) is 0 Å². The Morgan fingerprint density at radius 1 is 1.04 bits per heavy atom. The molecule has 28 heavy (non-hydrogen) atoms. The zero-order valence-corrected chi connectivity index (χ0v) is 17.1. The second-order valence-corrected chi connectivity index (χ2v) is 8.80. The van der Waals surface area contributed by atoms with Crippen LogP contribution in [0.4, 0.5) is 10.1 Å². The van der Waals surface area contributed by atoms with Crippen molar-refractivity contribution in [2.75, 3.05) is 39.7 Å². The molecule has 0 bridgehead atoms. The molecule has 1 heterocycles. The van der Waals surface area contributed by atoms with E-state index in [1.54, 1.807) is 13.2 Å². The van der Waals surface area contributed by atoms with Gasteiger partial charge in [-0.05, 0) is 69.4 Å². The summed E-state index contributed by atoms with van der Waals surface area (Å²) < 4.78 is 50.5. The highest BCUT2D eigenvalue weighted by molar-refractivity contribution is 7.91. The summed E-state index contributed by atoms with van der Waals surface area (Å²) in [5.74, 6) is 0.0173. The molecule has 0 saturated carbocycles. The zero-order chi connectivity index (χ0) is 20.3. The standard InChI is InChI=1S/C20H25FN2O4S/c1-23-10-8-15(9-11-23)22-17-13-16(5-7-18(17)26-2)28(24,25)20-12-14(21)4-6-19(20)27-3/h4-7,12-13,15,22H,8-11H2,1-3H3. The smallest absolute Gasteiger partial charge is 0.210 e. The highest BCUT2D eigenvalue weighted by atomic mass is 32.2. The number of ether oxygens (including phenoxy) is 2. The molecule has 0 spiro atoms. The fraction of sp³-hybridized carbons (Fsp3) is 0.400. The molecule has 1 aliphatic heterocycles. The maximum absolute atomic E-state index is 13.7. The van der Waals surface area contributed by atoms with Gasteiger partial charge in [-0.15, -0.1) is 0 Å². The molecule has 1 N–H and O–H groups in total. The van der Waals surface area contributed by atoms with E-state index in [0.29, 0.717) is 11.4 Å². The zero-order valence-electron chi connectivity index (χ0n) is 16.2. The quantitative estimate of drug-likeness (QED) is 0.792. The van der Waals surface area contributed by atoms with Crippen molar-refractivity contribution in [3.05, 3.63) is 42.2 Å². The van der Waals surface area contributed by atoms with Gasteiger partial charge in [-0.25, -0.2) is 12.8 Å². The molecule has 0 unspecified atom stereocenters. The van der Waals surface area contributed by atoms with Crippen molar-refractivity contribution < 1.29 is 22.3 Å². The molecule has 2 aromatic carbocycles. The third-order valence-electron chi connectivity index (χ3n) is 4.97. The first kappa shape index (κ1) is 20.4. The van der Waals surface area contributed by atoms with Gasteiger partial charge in [0.2, 0.25) is 9.84 Å². The molecule has 0 atom stereocenters. The minimum Gasteiger partial charge on any atom is -0.495 e. The summed E-state index contributed by atoms with van der Waals surface area (Å²) in [4.78, 5) is 2.10. The van der Waals surface area contributed by atoms with E-state index in [4.69, 9.17) is 9.47 Å². The molecule has 1 saturated heterocycles. The maximum atomic E-state index is 13.7. The number of anilines is 1. The first-order valence-corrected chi connectivity index (χ1v) is 10.5. The third-order valence-corrected chi connectivity index (χ3v) is 6.75. The van der Waals surface area contributed by atoms with E-state index in [-0.39, 0.29) is 21.6 Å². The van der Waals surface area contributed by atoms with E-state index in [1.807, 2.05) is 0 Å². The van der Waals surface area contributed by atoms with Gasteiger partial charge in [0.15, 0.2) is 0 Å². The highest BCUT2D eigenvalue weighted by Crippen LogP contribution is 2.35. The number of nitrogens with zero attached hydrogens (tertiary/aromatic N) is 1. The highest BCUT2D eigenvalue weighted by Gasteiger charge is 2.25. The van der Waals surface area contributed by atoms with Crippen LogP contribution in [0, 0.1) is 5.82 Å². The van der Waals surface area contributed by atoms with Crippen molar-refractivity contribution >= 4 is 15.5 Å². The monoisotopic (exact) mass is 408 g/mol. The molecule has 0 aliphatic carbocycles. The number of halogens is 1. The van der Waals surface area contributed by atoms with E-state index in [2.05, 4.69) is 17.3 Å². The minimum absolute atomic E-state index is 0.0487. The van der Waals surface area contributed by atoms with Gasteiger partial charge in [-0.2, -0.15) is 0 Å². The van der Waals surface area contributed by atoms with Crippen LogP contribution < -0.4 is 14.8 Å². The van der Waals surface area contributed by atoms with Gasteiger partial charge in [-0.3, -0.25) is 0 Å². The Kier molecular flexibility index (Phi) is 6.10. The van der Waals surface area contributed by atoms with Crippen LogP contribution in [-0.2, 0) is 9.84 Å². The third kappa shape index (κ3) is 4.23. The second-order valence-electron chi connectivity index (χ2n) is 6.88. The van der Waals surface area contributed by atoms with Gasteiger partial charge < -0.3 is 19.7 Å². The number of nitrogens with one attached hydrogen (secondary N) is 1. The number of likely N-dealkylation sites (tertiary alicyclic amines) is 1. The van der Waals surface area contributed by atoms with Crippen LogP contribution in [0.15, 0.2) is 46.2 Å². The van der Waals surface area contributed by atoms with Gasteiger partial charge in [0.1, 0.15) is 22.2 Å². The van der Waals surface area contributed by atoms with Crippen molar-refractivity contribution in [2.24, 2.45) is 0 Å². The van der Waals surface area contributed by atoms with Crippen molar-refractivity contribution in [1.82, 2.24) is 4.90 Å². The number of hydrogen-bond donors (Lipinski definition) is 1. The van der Waals surface area contributed by atoms with Crippen LogP contribution in [-0.4, -0.2) is 53.7 Å². The number of piperidine rings is 1. The molecular formula is C20H25FN2O4S. The lowest BCUT2D eigenvalue weighted by Crippen LogP contribution is -2.36. The normalized spacial score (nSPS) is 16.0. The number of sulfone groups is 1. The van der Waals surface area contributed by atoms with Gasteiger partial charge >= 0.3 is 0 Å². The summed E-state index contributed by atoms with van der Waals surface area (Å²) in [5, 5.41) is 3.40. The second kappa shape index (κ2) is 8.36. The van der Waals surface area contributed by atoms with E-state index < -0.39 is 15.7 Å². The Balaban J connectivity index is 1.97. The Hall–Kier alpha value is -2.32. The molecule has 6 nitrogen and oxygen atoms in total. The molecule has 1 fully saturated rings. The topological polar surface area (TPSA) is 67.9 Å². The van der Waals surface area contributed by atoms with E-state index in [9.17, 15) is 12.8 Å². The largest absolute Gasteiger partial charge is 0.495 e. The molecular weight excluding hydrogens is 383 g/mol. The van der Waals surface area contributed by atoms with Crippen molar-refractivity contribution in [3.8, 4) is 11.5 Å². The lowest BCUT2D eigenvalue weighted by Gasteiger charge is -2.30. The molecule has 1 aliphatic rings. The SMILES string of the molecule is COc1ccc(S(=O)(=O)c2cc(F)ccc2OC)cc1NC1CCN(C)CC1. The molecule has 0 aromatic heterocycles. The number of methoxy groups -OCH3 is 2. The van der Waals surface area contributed by atoms with Crippen molar-refractivity contribution in [3.63, 3.8) is 0 Å². The average Bonchev–Trinajstić information content (AvgIpc) is 2.69. The van der Waals surface area contributed by atoms with Crippen LogP contribution >= 0.6 is 0 Å². The van der Waals surface area contributed by atoms with Crippen LogP contribution in [0.2, 0.25) is 0 Å². The molecule has 152 valence electrons. The number of hydrogen-bond acceptors (Lipinski definition) is 6. The molecule has 3 rings (SSSR count). The van der Waals surface area contributed by atoms with Crippen LogP contribution in [0.3, 0.4) is 0 Å². The Labute approximate surface area is 165 Å². The lowest BCUT2D eigenvalue weighted by molar-refractivity contribution is 0.263. The Morgan fingerprint density at radius 3 is 2.32 bits per heavy atom. The summed E-state index contributed by atoms with van der Waals surface area (Å²) in [6.45, 7) is 1.94. The molecule has 0 amide bonds.